The van der Waals surface area contributed by atoms with E-state index in [4.69, 9.17) is 15.7 Å². The summed E-state index contributed by atoms with van der Waals surface area (Å²) in [7, 11) is 0. The number of fused-ring (bicyclic) bond motifs is 1. The highest BCUT2D eigenvalue weighted by Crippen LogP contribution is 2.22. The van der Waals surface area contributed by atoms with Gasteiger partial charge in [0.25, 0.3) is 0 Å². The van der Waals surface area contributed by atoms with Crippen LogP contribution in [0.3, 0.4) is 0 Å². The van der Waals surface area contributed by atoms with Crippen LogP contribution in [0.2, 0.25) is 0 Å². The number of pyridine rings is 1. The first-order chi connectivity index (χ1) is 10.3. The van der Waals surface area contributed by atoms with E-state index in [9.17, 15) is 0 Å². The Hall–Kier alpha value is -2.30. The van der Waals surface area contributed by atoms with Gasteiger partial charge in [-0.15, -0.1) is 0 Å². The number of benzene rings is 1. The fourth-order valence-electron chi connectivity index (χ4n) is 2.14. The second-order valence-electron chi connectivity index (χ2n) is 4.93. The van der Waals surface area contributed by atoms with Crippen LogP contribution < -0.4 is 10.5 Å². The summed E-state index contributed by atoms with van der Waals surface area (Å²) in [6.07, 6.45) is 4.48. The van der Waals surface area contributed by atoms with Gasteiger partial charge in [-0.3, -0.25) is 0 Å². The second kappa shape index (κ2) is 7.47. The number of unbranched alkanes of at least 4 members (excludes halogenated alkanes) is 3. The molecule has 1 heterocycles. The average Bonchev–Trinajstić information content (AvgIpc) is 2.53. The van der Waals surface area contributed by atoms with Gasteiger partial charge in [0.2, 0.25) is 5.88 Å². The lowest BCUT2D eigenvalue weighted by Crippen LogP contribution is -2.16. The maximum absolute atomic E-state index is 8.91. The van der Waals surface area contributed by atoms with Gasteiger partial charge < -0.3 is 15.7 Å². The molecular weight excluding hydrogens is 266 g/mol. The van der Waals surface area contributed by atoms with E-state index in [1.54, 1.807) is 0 Å². The summed E-state index contributed by atoms with van der Waals surface area (Å²) < 4.78 is 5.73. The zero-order chi connectivity index (χ0) is 15.1. The molecule has 0 aliphatic carbocycles. The Bertz CT molecular complexity index is 626. The lowest BCUT2D eigenvalue weighted by atomic mass is 10.1. The van der Waals surface area contributed by atoms with Gasteiger partial charge in [-0.1, -0.05) is 49.5 Å². The Balaban J connectivity index is 2.22. The van der Waals surface area contributed by atoms with Gasteiger partial charge in [0.1, 0.15) is 0 Å². The minimum Gasteiger partial charge on any atom is -0.477 e. The predicted octanol–water partition coefficient (Wildman–Crippen LogP) is 3.29. The standard InChI is InChI=1S/C16H21N3O2/c1-2-3-4-7-10-21-16-13(15(17)19-20)11-12-8-5-6-9-14(12)18-16/h5-6,8-9,11,20H,2-4,7,10H2,1H3,(H2,17,19). The molecule has 5 nitrogen and oxygen atoms in total. The van der Waals surface area contributed by atoms with Gasteiger partial charge in [0, 0.05) is 5.39 Å². The van der Waals surface area contributed by atoms with Gasteiger partial charge in [-0.25, -0.2) is 4.98 Å². The fourth-order valence-corrected chi connectivity index (χ4v) is 2.14. The van der Waals surface area contributed by atoms with E-state index >= 15 is 0 Å². The zero-order valence-electron chi connectivity index (χ0n) is 12.2. The minimum atomic E-state index is 0.0109. The summed E-state index contributed by atoms with van der Waals surface area (Å²) in [5, 5.41) is 12.9. The molecule has 0 saturated heterocycles. The van der Waals surface area contributed by atoms with Crippen LogP contribution in [0, 0.1) is 0 Å². The quantitative estimate of drug-likeness (QED) is 0.269. The molecule has 0 saturated carbocycles. The molecular formula is C16H21N3O2. The molecule has 1 aromatic carbocycles. The molecule has 0 bridgehead atoms. The molecule has 5 heteroatoms. The number of aromatic nitrogens is 1. The molecule has 0 aliphatic heterocycles. The smallest absolute Gasteiger partial charge is 0.225 e. The van der Waals surface area contributed by atoms with Crippen molar-refractivity contribution in [3.8, 4) is 5.88 Å². The van der Waals surface area contributed by atoms with Crippen LogP contribution >= 0.6 is 0 Å². The summed E-state index contributed by atoms with van der Waals surface area (Å²) >= 11 is 0. The van der Waals surface area contributed by atoms with Crippen molar-refractivity contribution >= 4 is 16.7 Å². The van der Waals surface area contributed by atoms with Crippen molar-refractivity contribution in [2.45, 2.75) is 32.6 Å². The topological polar surface area (TPSA) is 80.7 Å². The number of para-hydroxylation sites is 1. The molecule has 0 spiro atoms. The molecule has 0 radical (unpaired) electrons. The van der Waals surface area contributed by atoms with Crippen molar-refractivity contribution in [2.75, 3.05) is 6.61 Å². The van der Waals surface area contributed by atoms with Crippen molar-refractivity contribution in [3.05, 3.63) is 35.9 Å². The highest BCUT2D eigenvalue weighted by atomic mass is 16.5. The monoisotopic (exact) mass is 287 g/mol. The molecule has 0 fully saturated rings. The number of amidine groups is 1. The Morgan fingerprint density at radius 1 is 1.29 bits per heavy atom. The van der Waals surface area contributed by atoms with Crippen LogP contribution in [-0.4, -0.2) is 22.6 Å². The van der Waals surface area contributed by atoms with E-state index in [2.05, 4.69) is 17.1 Å². The van der Waals surface area contributed by atoms with E-state index in [0.29, 0.717) is 18.1 Å². The highest BCUT2D eigenvalue weighted by Gasteiger charge is 2.12. The Labute approximate surface area is 124 Å². The number of hydrogen-bond acceptors (Lipinski definition) is 4. The van der Waals surface area contributed by atoms with Crippen LogP contribution in [0.1, 0.15) is 38.2 Å². The third-order valence-electron chi connectivity index (χ3n) is 3.31. The van der Waals surface area contributed by atoms with Crippen LogP contribution in [0.25, 0.3) is 10.9 Å². The van der Waals surface area contributed by atoms with Crippen LogP contribution in [0.4, 0.5) is 0 Å². The second-order valence-corrected chi connectivity index (χ2v) is 4.93. The summed E-state index contributed by atoms with van der Waals surface area (Å²) in [5.74, 6) is 0.428. The molecule has 0 aliphatic rings. The van der Waals surface area contributed by atoms with Crippen molar-refractivity contribution < 1.29 is 9.94 Å². The van der Waals surface area contributed by atoms with Crippen molar-refractivity contribution in [3.63, 3.8) is 0 Å². The number of nitrogens with two attached hydrogens (primary N) is 1. The maximum atomic E-state index is 8.91. The summed E-state index contributed by atoms with van der Waals surface area (Å²) in [4.78, 5) is 4.47. The summed E-state index contributed by atoms with van der Waals surface area (Å²) in [6.45, 7) is 2.75. The van der Waals surface area contributed by atoms with Gasteiger partial charge in [-0.05, 0) is 18.6 Å². The van der Waals surface area contributed by atoms with Gasteiger partial charge in [0.05, 0.1) is 17.7 Å². The molecule has 2 aromatic rings. The molecule has 3 N–H and O–H groups in total. The lowest BCUT2D eigenvalue weighted by molar-refractivity contribution is 0.293. The van der Waals surface area contributed by atoms with Crippen LogP contribution in [-0.2, 0) is 0 Å². The van der Waals surface area contributed by atoms with Crippen molar-refractivity contribution in [2.24, 2.45) is 10.9 Å². The first-order valence-corrected chi connectivity index (χ1v) is 7.26. The van der Waals surface area contributed by atoms with Gasteiger partial charge in [-0.2, -0.15) is 0 Å². The van der Waals surface area contributed by atoms with E-state index in [0.717, 1.165) is 23.7 Å². The molecule has 112 valence electrons. The maximum Gasteiger partial charge on any atom is 0.225 e. The largest absolute Gasteiger partial charge is 0.477 e. The number of oxime groups is 1. The Morgan fingerprint density at radius 3 is 2.86 bits per heavy atom. The van der Waals surface area contributed by atoms with Crippen LogP contribution in [0.15, 0.2) is 35.5 Å². The van der Waals surface area contributed by atoms with E-state index < -0.39 is 0 Å². The van der Waals surface area contributed by atoms with Gasteiger partial charge in [0.15, 0.2) is 5.84 Å². The zero-order valence-corrected chi connectivity index (χ0v) is 12.2. The Morgan fingerprint density at radius 2 is 2.10 bits per heavy atom. The molecule has 0 unspecified atom stereocenters. The SMILES string of the molecule is CCCCCCOc1nc2ccccc2cc1C(N)=NO. The van der Waals surface area contributed by atoms with Gasteiger partial charge >= 0.3 is 0 Å². The van der Waals surface area contributed by atoms with Crippen molar-refractivity contribution in [1.82, 2.24) is 4.98 Å². The average molecular weight is 287 g/mol. The van der Waals surface area contributed by atoms with Crippen molar-refractivity contribution in [1.29, 1.82) is 0 Å². The third kappa shape index (κ3) is 3.84. The van der Waals surface area contributed by atoms with Crippen LogP contribution in [0.5, 0.6) is 5.88 Å². The van der Waals surface area contributed by atoms with E-state index in [-0.39, 0.29) is 5.84 Å². The molecule has 2 rings (SSSR count). The molecule has 0 atom stereocenters. The predicted molar refractivity (Wildman–Crippen MR) is 83.9 cm³/mol. The van der Waals surface area contributed by atoms with E-state index in [1.165, 1.54) is 12.8 Å². The fraction of sp³-hybridized carbons (Fsp3) is 0.375. The molecule has 1 aromatic heterocycles. The Kier molecular flexibility index (Phi) is 5.37. The number of hydrogen-bond donors (Lipinski definition) is 2. The molecule has 0 amide bonds. The minimum absolute atomic E-state index is 0.0109. The summed E-state index contributed by atoms with van der Waals surface area (Å²) in [6, 6.07) is 9.52. The first-order valence-electron chi connectivity index (χ1n) is 7.26. The number of rotatable bonds is 7. The third-order valence-corrected chi connectivity index (χ3v) is 3.31. The number of nitrogens with zero attached hydrogens (tertiary/aromatic N) is 2. The van der Waals surface area contributed by atoms with E-state index in [1.807, 2.05) is 30.3 Å². The highest BCUT2D eigenvalue weighted by molar-refractivity contribution is 6.02. The summed E-state index contributed by atoms with van der Waals surface area (Å²) in [5.41, 5.74) is 7.07. The lowest BCUT2D eigenvalue weighted by Gasteiger charge is -2.11. The normalized spacial score (nSPS) is 11.8. The molecule has 21 heavy (non-hydrogen) atoms. The first kappa shape index (κ1) is 15.1. The number of ether oxygens (including phenoxy) is 1.